The zero-order valence-corrected chi connectivity index (χ0v) is 12.2. The van der Waals surface area contributed by atoms with Gasteiger partial charge in [-0.3, -0.25) is 0 Å². The normalized spacial score (nSPS) is 11.7. The van der Waals surface area contributed by atoms with Gasteiger partial charge in [-0.2, -0.15) is 0 Å². The molecule has 0 spiro atoms. The van der Waals surface area contributed by atoms with Gasteiger partial charge in [0.2, 0.25) is 0 Å². The van der Waals surface area contributed by atoms with Crippen LogP contribution in [0.25, 0.3) is 0 Å². The Morgan fingerprint density at radius 3 is 2.90 bits per heavy atom. The summed E-state index contributed by atoms with van der Waals surface area (Å²) >= 11 is 1.47. The van der Waals surface area contributed by atoms with Crippen LogP contribution in [0.1, 0.15) is 33.9 Å². The van der Waals surface area contributed by atoms with E-state index in [0.29, 0.717) is 0 Å². The molecular formula is C14H15N3O3S. The van der Waals surface area contributed by atoms with Crippen LogP contribution < -0.4 is 10.6 Å². The van der Waals surface area contributed by atoms with E-state index in [4.69, 9.17) is 5.11 Å². The minimum absolute atomic E-state index is 0.171. The van der Waals surface area contributed by atoms with Crippen LogP contribution in [0.4, 0.5) is 4.79 Å². The third-order valence-corrected chi connectivity index (χ3v) is 3.75. The summed E-state index contributed by atoms with van der Waals surface area (Å²) in [7, 11) is 0. The lowest BCUT2D eigenvalue weighted by Crippen LogP contribution is -2.36. The van der Waals surface area contributed by atoms with Crippen molar-refractivity contribution in [3.8, 4) is 0 Å². The highest BCUT2D eigenvalue weighted by atomic mass is 32.1. The third-order valence-electron chi connectivity index (χ3n) is 2.80. The Kier molecular flexibility index (Phi) is 4.89. The minimum Gasteiger partial charge on any atom is -0.478 e. The molecule has 110 valence electrons. The summed E-state index contributed by atoms with van der Waals surface area (Å²) < 4.78 is 0. The number of nitrogens with zero attached hydrogens (tertiary/aromatic N) is 1. The average Bonchev–Trinajstić information content (AvgIpc) is 2.99. The predicted octanol–water partition coefficient (Wildman–Crippen LogP) is 2.40. The van der Waals surface area contributed by atoms with E-state index in [1.165, 1.54) is 23.5 Å². The second kappa shape index (κ2) is 6.85. The molecule has 2 amide bonds. The van der Waals surface area contributed by atoms with E-state index >= 15 is 0 Å². The molecule has 0 aliphatic rings. The molecule has 0 saturated carbocycles. The Bertz CT molecular complexity index is 628. The maximum Gasteiger partial charge on any atom is 0.335 e. The van der Waals surface area contributed by atoms with Crippen molar-refractivity contribution in [3.63, 3.8) is 0 Å². The van der Waals surface area contributed by atoms with Crippen molar-refractivity contribution >= 4 is 23.3 Å². The summed E-state index contributed by atoms with van der Waals surface area (Å²) in [4.78, 5) is 26.8. The molecule has 1 unspecified atom stereocenters. The number of hydrogen-bond acceptors (Lipinski definition) is 4. The lowest BCUT2D eigenvalue weighted by Gasteiger charge is -2.12. The summed E-state index contributed by atoms with van der Waals surface area (Å²) in [5.41, 5.74) is 0.929. The minimum atomic E-state index is -0.987. The lowest BCUT2D eigenvalue weighted by atomic mass is 10.1. The van der Waals surface area contributed by atoms with E-state index in [0.717, 1.165) is 10.6 Å². The number of nitrogens with one attached hydrogen (secondary N) is 2. The number of rotatable bonds is 5. The van der Waals surface area contributed by atoms with E-state index in [2.05, 4.69) is 15.6 Å². The first-order valence-corrected chi connectivity index (χ1v) is 7.20. The fourth-order valence-corrected chi connectivity index (χ4v) is 2.40. The molecule has 0 bridgehead atoms. The number of carbonyl (C=O) groups is 2. The van der Waals surface area contributed by atoms with Crippen molar-refractivity contribution in [3.05, 3.63) is 52.0 Å². The SMILES string of the molecule is CC(NC(=O)NCc1cccc(C(=O)O)c1)c1nccs1. The number of carboxylic acids is 1. The van der Waals surface area contributed by atoms with Gasteiger partial charge in [0.25, 0.3) is 0 Å². The summed E-state index contributed by atoms with van der Waals surface area (Å²) in [6.07, 6.45) is 1.69. The Balaban J connectivity index is 1.86. The molecule has 1 aromatic carbocycles. The fraction of sp³-hybridized carbons (Fsp3) is 0.214. The van der Waals surface area contributed by atoms with E-state index in [1.54, 1.807) is 18.3 Å². The molecule has 0 aliphatic heterocycles. The van der Waals surface area contributed by atoms with Crippen LogP contribution in [0.5, 0.6) is 0 Å². The summed E-state index contributed by atoms with van der Waals surface area (Å²) in [6, 6.07) is 5.96. The fourth-order valence-electron chi connectivity index (χ4n) is 1.75. The highest BCUT2D eigenvalue weighted by Crippen LogP contribution is 2.14. The summed E-state index contributed by atoms with van der Waals surface area (Å²) in [5.74, 6) is -0.987. The molecule has 2 aromatic rings. The monoisotopic (exact) mass is 305 g/mol. The second-order valence-corrected chi connectivity index (χ2v) is 5.35. The van der Waals surface area contributed by atoms with Crippen molar-refractivity contribution in [1.29, 1.82) is 0 Å². The van der Waals surface area contributed by atoms with Gasteiger partial charge in [0.05, 0.1) is 11.6 Å². The summed E-state index contributed by atoms with van der Waals surface area (Å²) in [5, 5.41) is 17.1. The van der Waals surface area contributed by atoms with Crippen LogP contribution in [0, 0.1) is 0 Å². The van der Waals surface area contributed by atoms with Crippen molar-refractivity contribution in [2.24, 2.45) is 0 Å². The maximum absolute atomic E-state index is 11.8. The molecule has 0 fully saturated rings. The summed E-state index contributed by atoms with van der Waals surface area (Å²) in [6.45, 7) is 2.11. The number of benzene rings is 1. The first-order valence-electron chi connectivity index (χ1n) is 6.32. The van der Waals surface area contributed by atoms with Crippen LogP contribution in [-0.4, -0.2) is 22.1 Å². The lowest BCUT2D eigenvalue weighted by molar-refractivity contribution is 0.0696. The molecule has 0 radical (unpaired) electrons. The highest BCUT2D eigenvalue weighted by Gasteiger charge is 2.11. The standard InChI is InChI=1S/C14H15N3O3S/c1-9(12-15-5-6-21-12)17-14(20)16-8-10-3-2-4-11(7-10)13(18)19/h2-7,9H,8H2,1H3,(H,18,19)(H2,16,17,20). The molecule has 21 heavy (non-hydrogen) atoms. The molecule has 6 nitrogen and oxygen atoms in total. The highest BCUT2D eigenvalue weighted by molar-refractivity contribution is 7.09. The zero-order valence-electron chi connectivity index (χ0n) is 11.4. The number of carboxylic acid groups (broad SMARTS) is 1. The molecule has 1 heterocycles. The van der Waals surface area contributed by atoms with Crippen molar-refractivity contribution in [2.45, 2.75) is 19.5 Å². The molecule has 7 heteroatoms. The van der Waals surface area contributed by atoms with Gasteiger partial charge >= 0.3 is 12.0 Å². The van der Waals surface area contributed by atoms with Gasteiger partial charge in [0, 0.05) is 18.1 Å². The van der Waals surface area contributed by atoms with Gasteiger partial charge in [-0.1, -0.05) is 12.1 Å². The van der Waals surface area contributed by atoms with E-state index in [1.807, 2.05) is 12.3 Å². The Morgan fingerprint density at radius 1 is 1.43 bits per heavy atom. The van der Waals surface area contributed by atoms with Crippen LogP contribution >= 0.6 is 11.3 Å². The predicted molar refractivity (Wildman–Crippen MR) is 79.3 cm³/mol. The number of amides is 2. The number of hydrogen-bond donors (Lipinski definition) is 3. The quantitative estimate of drug-likeness (QED) is 0.791. The van der Waals surface area contributed by atoms with E-state index < -0.39 is 5.97 Å². The number of aromatic carboxylic acids is 1. The smallest absolute Gasteiger partial charge is 0.335 e. The van der Waals surface area contributed by atoms with Crippen molar-refractivity contribution in [2.75, 3.05) is 0 Å². The first-order chi connectivity index (χ1) is 10.1. The Labute approximate surface area is 125 Å². The van der Waals surface area contributed by atoms with Crippen molar-refractivity contribution < 1.29 is 14.7 Å². The first kappa shape index (κ1) is 15.0. The topological polar surface area (TPSA) is 91.3 Å². The van der Waals surface area contributed by atoms with Crippen LogP contribution in [0.3, 0.4) is 0 Å². The number of thiazole rings is 1. The van der Waals surface area contributed by atoms with Gasteiger partial charge in [-0.25, -0.2) is 14.6 Å². The maximum atomic E-state index is 11.8. The average molecular weight is 305 g/mol. The molecule has 2 rings (SSSR count). The molecule has 1 aromatic heterocycles. The number of aromatic nitrogens is 1. The van der Waals surface area contributed by atoms with E-state index in [-0.39, 0.29) is 24.2 Å². The number of urea groups is 1. The van der Waals surface area contributed by atoms with Gasteiger partial charge in [0.15, 0.2) is 0 Å². The van der Waals surface area contributed by atoms with Gasteiger partial charge in [-0.15, -0.1) is 11.3 Å². The molecule has 1 atom stereocenters. The number of carbonyl (C=O) groups excluding carboxylic acids is 1. The van der Waals surface area contributed by atoms with Crippen LogP contribution in [0.15, 0.2) is 35.8 Å². The molecule has 0 aliphatic carbocycles. The van der Waals surface area contributed by atoms with Crippen LogP contribution in [0.2, 0.25) is 0 Å². The van der Waals surface area contributed by atoms with Gasteiger partial charge in [0.1, 0.15) is 5.01 Å². The van der Waals surface area contributed by atoms with Gasteiger partial charge in [-0.05, 0) is 24.6 Å². The largest absolute Gasteiger partial charge is 0.478 e. The van der Waals surface area contributed by atoms with Crippen LogP contribution in [-0.2, 0) is 6.54 Å². The Hall–Kier alpha value is -2.41. The zero-order chi connectivity index (χ0) is 15.2. The van der Waals surface area contributed by atoms with Crippen molar-refractivity contribution in [1.82, 2.24) is 15.6 Å². The molecule has 3 N–H and O–H groups in total. The third kappa shape index (κ3) is 4.28. The van der Waals surface area contributed by atoms with E-state index in [9.17, 15) is 9.59 Å². The molecule has 0 saturated heterocycles. The second-order valence-electron chi connectivity index (χ2n) is 4.42. The Morgan fingerprint density at radius 2 is 2.24 bits per heavy atom. The van der Waals surface area contributed by atoms with Gasteiger partial charge < -0.3 is 15.7 Å². The molecular weight excluding hydrogens is 290 g/mol.